The molecule has 0 aromatic heterocycles. The van der Waals surface area contributed by atoms with Gasteiger partial charge in [-0.3, -0.25) is 4.79 Å². The van der Waals surface area contributed by atoms with Gasteiger partial charge in [-0.15, -0.1) is 0 Å². The van der Waals surface area contributed by atoms with E-state index in [4.69, 9.17) is 5.11 Å². The Morgan fingerprint density at radius 1 is 1.30 bits per heavy atom. The number of aliphatic carboxylic acids is 1. The largest absolute Gasteiger partial charge is 0.481 e. The van der Waals surface area contributed by atoms with Crippen molar-refractivity contribution < 1.29 is 23.1 Å². The molecule has 0 bridgehead atoms. The standard InChI is InChI=1S/C12H20N2O5S/c1-12(4-5-20(18,19)7-12)14-11(17)13-9-3-2-8(6-9)10(15)16/h8-9H,2-7H2,1H3,(H,15,16)(H2,13,14,17). The monoisotopic (exact) mass is 304 g/mol. The highest BCUT2D eigenvalue weighted by atomic mass is 32.2. The zero-order valence-electron chi connectivity index (χ0n) is 11.4. The molecule has 1 saturated heterocycles. The van der Waals surface area contributed by atoms with Crippen LogP contribution in [-0.4, -0.2) is 48.6 Å². The van der Waals surface area contributed by atoms with Gasteiger partial charge in [0, 0.05) is 6.04 Å². The van der Waals surface area contributed by atoms with Gasteiger partial charge in [0.05, 0.1) is 23.0 Å². The molecule has 1 aliphatic heterocycles. The molecular formula is C12H20N2O5S. The molecule has 2 fully saturated rings. The van der Waals surface area contributed by atoms with E-state index in [2.05, 4.69) is 10.6 Å². The summed E-state index contributed by atoms with van der Waals surface area (Å²) < 4.78 is 22.9. The number of carboxylic acids is 1. The molecule has 1 saturated carbocycles. The Morgan fingerprint density at radius 3 is 2.50 bits per heavy atom. The Balaban J connectivity index is 1.83. The van der Waals surface area contributed by atoms with Crippen LogP contribution in [0.2, 0.25) is 0 Å². The van der Waals surface area contributed by atoms with Crippen LogP contribution in [0.3, 0.4) is 0 Å². The van der Waals surface area contributed by atoms with Crippen LogP contribution in [0.15, 0.2) is 0 Å². The first kappa shape index (κ1) is 15.1. The van der Waals surface area contributed by atoms with E-state index < -0.39 is 33.3 Å². The topological polar surface area (TPSA) is 113 Å². The summed E-state index contributed by atoms with van der Waals surface area (Å²) in [4.78, 5) is 22.7. The third-order valence-electron chi connectivity index (χ3n) is 4.04. The molecule has 8 heteroatoms. The number of rotatable bonds is 3. The molecule has 1 aliphatic carbocycles. The first-order chi connectivity index (χ1) is 9.19. The van der Waals surface area contributed by atoms with Crippen LogP contribution in [-0.2, 0) is 14.6 Å². The Hall–Kier alpha value is -1.31. The average molecular weight is 304 g/mol. The number of amides is 2. The molecule has 0 radical (unpaired) electrons. The molecule has 2 aliphatic rings. The van der Waals surface area contributed by atoms with Crippen molar-refractivity contribution in [3.8, 4) is 0 Å². The fraction of sp³-hybridized carbons (Fsp3) is 0.833. The van der Waals surface area contributed by atoms with Crippen molar-refractivity contribution in [2.24, 2.45) is 5.92 Å². The molecule has 0 spiro atoms. The van der Waals surface area contributed by atoms with Gasteiger partial charge in [-0.1, -0.05) is 0 Å². The highest BCUT2D eigenvalue weighted by molar-refractivity contribution is 7.91. The fourth-order valence-electron chi connectivity index (χ4n) is 2.94. The van der Waals surface area contributed by atoms with Crippen molar-refractivity contribution in [1.29, 1.82) is 0 Å². The SMILES string of the molecule is CC1(NC(=O)NC2CCC(C(=O)O)C2)CCS(=O)(=O)C1. The van der Waals surface area contributed by atoms with Gasteiger partial charge in [0.2, 0.25) is 0 Å². The third-order valence-corrected chi connectivity index (χ3v) is 5.94. The van der Waals surface area contributed by atoms with Gasteiger partial charge in [0.1, 0.15) is 0 Å². The predicted octanol–water partition coefficient (Wildman–Crippen LogP) is 0.116. The molecule has 20 heavy (non-hydrogen) atoms. The number of carboxylic acid groups (broad SMARTS) is 1. The molecule has 7 nitrogen and oxygen atoms in total. The average Bonchev–Trinajstić information content (AvgIpc) is 2.83. The van der Waals surface area contributed by atoms with Crippen molar-refractivity contribution >= 4 is 21.8 Å². The molecule has 3 N–H and O–H groups in total. The Bertz CT molecular complexity index is 518. The van der Waals surface area contributed by atoms with Crippen LogP contribution >= 0.6 is 0 Å². The van der Waals surface area contributed by atoms with Gasteiger partial charge in [0.25, 0.3) is 0 Å². The van der Waals surface area contributed by atoms with Crippen molar-refractivity contribution in [1.82, 2.24) is 10.6 Å². The smallest absolute Gasteiger partial charge is 0.315 e. The number of carbonyl (C=O) groups is 2. The van der Waals surface area contributed by atoms with Gasteiger partial charge >= 0.3 is 12.0 Å². The van der Waals surface area contributed by atoms with E-state index in [1.54, 1.807) is 6.92 Å². The molecular weight excluding hydrogens is 284 g/mol. The lowest BCUT2D eigenvalue weighted by molar-refractivity contribution is -0.141. The number of nitrogens with one attached hydrogen (secondary N) is 2. The Labute approximate surface area is 118 Å². The van der Waals surface area contributed by atoms with Gasteiger partial charge in [-0.2, -0.15) is 0 Å². The minimum Gasteiger partial charge on any atom is -0.481 e. The van der Waals surface area contributed by atoms with E-state index in [0.29, 0.717) is 25.7 Å². The maximum Gasteiger partial charge on any atom is 0.315 e. The van der Waals surface area contributed by atoms with Gasteiger partial charge in [-0.05, 0) is 32.6 Å². The van der Waals surface area contributed by atoms with Crippen LogP contribution in [0.4, 0.5) is 4.79 Å². The van der Waals surface area contributed by atoms with Crippen molar-refractivity contribution in [2.45, 2.75) is 44.2 Å². The number of urea groups is 1. The normalized spacial score (nSPS) is 35.6. The molecule has 114 valence electrons. The maximum absolute atomic E-state index is 11.9. The first-order valence-corrected chi connectivity index (χ1v) is 8.53. The predicted molar refractivity (Wildman–Crippen MR) is 72.1 cm³/mol. The summed E-state index contributed by atoms with van der Waals surface area (Å²) in [6.45, 7) is 1.71. The molecule has 2 amide bonds. The zero-order chi connectivity index (χ0) is 15.0. The summed E-state index contributed by atoms with van der Waals surface area (Å²) in [7, 11) is -3.07. The second kappa shape index (κ2) is 5.23. The lowest BCUT2D eigenvalue weighted by Gasteiger charge is -2.25. The zero-order valence-corrected chi connectivity index (χ0v) is 12.2. The van der Waals surface area contributed by atoms with Crippen LogP contribution in [0, 0.1) is 5.92 Å². The summed E-state index contributed by atoms with van der Waals surface area (Å²) in [6, 6.07) is -0.571. The second-order valence-electron chi connectivity index (χ2n) is 6.05. The van der Waals surface area contributed by atoms with Crippen LogP contribution in [0.5, 0.6) is 0 Å². The van der Waals surface area contributed by atoms with Crippen LogP contribution in [0.25, 0.3) is 0 Å². The number of sulfone groups is 1. The van der Waals surface area contributed by atoms with E-state index >= 15 is 0 Å². The molecule has 0 aromatic rings. The van der Waals surface area contributed by atoms with Gasteiger partial charge in [-0.25, -0.2) is 13.2 Å². The van der Waals surface area contributed by atoms with E-state index in [0.717, 1.165) is 0 Å². The van der Waals surface area contributed by atoms with E-state index in [1.165, 1.54) is 0 Å². The molecule has 0 aromatic carbocycles. The van der Waals surface area contributed by atoms with Crippen molar-refractivity contribution in [2.75, 3.05) is 11.5 Å². The second-order valence-corrected chi connectivity index (χ2v) is 8.23. The quantitative estimate of drug-likeness (QED) is 0.685. The maximum atomic E-state index is 11.9. The summed E-state index contributed by atoms with van der Waals surface area (Å²) in [6.07, 6.45) is 2.04. The lowest BCUT2D eigenvalue weighted by atomic mass is 10.0. The first-order valence-electron chi connectivity index (χ1n) is 6.71. The summed E-state index contributed by atoms with van der Waals surface area (Å²) in [5.74, 6) is -1.18. The lowest BCUT2D eigenvalue weighted by Crippen LogP contribution is -2.52. The molecule has 1 heterocycles. The van der Waals surface area contributed by atoms with Crippen molar-refractivity contribution in [3.63, 3.8) is 0 Å². The highest BCUT2D eigenvalue weighted by Crippen LogP contribution is 2.26. The summed E-state index contributed by atoms with van der Waals surface area (Å²) in [5, 5.41) is 14.3. The molecule has 2 rings (SSSR count). The minimum absolute atomic E-state index is 0.0458. The Kier molecular flexibility index (Phi) is 3.95. The van der Waals surface area contributed by atoms with Crippen LogP contribution < -0.4 is 10.6 Å². The number of hydrogen-bond donors (Lipinski definition) is 3. The van der Waals surface area contributed by atoms with E-state index in [1.807, 2.05) is 0 Å². The van der Waals surface area contributed by atoms with Crippen molar-refractivity contribution in [3.05, 3.63) is 0 Å². The van der Waals surface area contributed by atoms with Crippen LogP contribution in [0.1, 0.15) is 32.6 Å². The summed E-state index contributed by atoms with van der Waals surface area (Å²) in [5.41, 5.74) is -0.728. The highest BCUT2D eigenvalue weighted by Gasteiger charge is 2.40. The summed E-state index contributed by atoms with van der Waals surface area (Å²) >= 11 is 0. The van der Waals surface area contributed by atoms with Gasteiger partial charge < -0.3 is 15.7 Å². The minimum atomic E-state index is -3.07. The van der Waals surface area contributed by atoms with E-state index in [-0.39, 0.29) is 17.5 Å². The number of carbonyl (C=O) groups excluding carboxylic acids is 1. The molecule has 3 atom stereocenters. The number of hydrogen-bond acceptors (Lipinski definition) is 4. The van der Waals surface area contributed by atoms with Gasteiger partial charge in [0.15, 0.2) is 9.84 Å². The third kappa shape index (κ3) is 3.62. The Morgan fingerprint density at radius 2 is 2.00 bits per heavy atom. The molecule has 3 unspecified atom stereocenters. The van der Waals surface area contributed by atoms with E-state index in [9.17, 15) is 18.0 Å². The fourth-order valence-corrected chi connectivity index (χ4v) is 5.03.